The smallest absolute Gasteiger partial charge is 0.253 e. The molecule has 0 radical (unpaired) electrons. The van der Waals surface area contributed by atoms with Crippen LogP contribution in [-0.4, -0.2) is 62.1 Å². The van der Waals surface area contributed by atoms with Gasteiger partial charge in [0.05, 0.1) is 13.2 Å². The topological polar surface area (TPSA) is 58.8 Å². The summed E-state index contributed by atoms with van der Waals surface area (Å²) in [6.07, 6.45) is 0. The second-order valence-electron chi connectivity index (χ2n) is 7.11. The first kappa shape index (κ1) is 20.9. The number of benzene rings is 1. The number of nitrogens with zero attached hydrogens (tertiary/aromatic N) is 2. The molecule has 0 aromatic heterocycles. The quantitative estimate of drug-likeness (QED) is 0.847. The van der Waals surface area contributed by atoms with Gasteiger partial charge in [-0.3, -0.25) is 9.69 Å². The summed E-state index contributed by atoms with van der Waals surface area (Å²) in [4.78, 5) is 16.8. The second-order valence-corrected chi connectivity index (χ2v) is 7.11. The van der Waals surface area contributed by atoms with Crippen LogP contribution in [-0.2, 0) is 11.3 Å². The van der Waals surface area contributed by atoms with E-state index in [4.69, 9.17) is 10.5 Å². The minimum absolute atomic E-state index is 0. The molecule has 2 N–H and O–H groups in total. The first-order valence-corrected chi connectivity index (χ1v) is 8.26. The van der Waals surface area contributed by atoms with Gasteiger partial charge in [-0.2, -0.15) is 0 Å². The average Bonchev–Trinajstić information content (AvgIpc) is 2.54. The van der Waals surface area contributed by atoms with E-state index in [9.17, 15) is 4.79 Å². The van der Waals surface area contributed by atoms with E-state index in [0.29, 0.717) is 12.1 Å². The predicted molar refractivity (Wildman–Crippen MR) is 99.6 cm³/mol. The van der Waals surface area contributed by atoms with Gasteiger partial charge in [-0.25, -0.2) is 0 Å². The summed E-state index contributed by atoms with van der Waals surface area (Å²) in [5.74, 6) is 0.0589. The summed E-state index contributed by atoms with van der Waals surface area (Å²) < 4.78 is 5.40. The molecule has 6 heteroatoms. The van der Waals surface area contributed by atoms with Gasteiger partial charge in [0.1, 0.15) is 0 Å². The van der Waals surface area contributed by atoms with E-state index in [1.165, 1.54) is 0 Å². The van der Waals surface area contributed by atoms with Crippen LogP contribution in [0.2, 0.25) is 0 Å². The lowest BCUT2D eigenvalue weighted by molar-refractivity contribution is 0.0163. The van der Waals surface area contributed by atoms with Crippen LogP contribution in [0.25, 0.3) is 0 Å². The van der Waals surface area contributed by atoms with Crippen molar-refractivity contribution in [3.8, 4) is 0 Å². The van der Waals surface area contributed by atoms with Crippen molar-refractivity contribution in [2.75, 3.05) is 46.4 Å². The number of morpholine rings is 1. The standard InChI is InChI=1S/C18H29N3O2.ClH/c1-18(2,14-21-8-10-23-11-9-21)13-20(3)17(22)16-6-4-15(12-19)5-7-16;/h4-7H,8-14,19H2,1-3H3;1H. The number of rotatable bonds is 6. The monoisotopic (exact) mass is 355 g/mol. The summed E-state index contributed by atoms with van der Waals surface area (Å²) in [7, 11) is 1.88. The highest BCUT2D eigenvalue weighted by Gasteiger charge is 2.26. The number of carbonyl (C=O) groups is 1. The summed E-state index contributed by atoms with van der Waals surface area (Å²) in [6, 6.07) is 7.55. The molecule has 5 nitrogen and oxygen atoms in total. The third-order valence-corrected chi connectivity index (χ3v) is 4.20. The molecule has 1 fully saturated rings. The molecule has 0 atom stereocenters. The normalized spacial score (nSPS) is 15.7. The van der Waals surface area contributed by atoms with Crippen molar-refractivity contribution in [1.82, 2.24) is 9.80 Å². The Morgan fingerprint density at radius 2 is 1.83 bits per heavy atom. The summed E-state index contributed by atoms with van der Waals surface area (Å²) >= 11 is 0. The van der Waals surface area contributed by atoms with Crippen molar-refractivity contribution >= 4 is 18.3 Å². The molecule has 24 heavy (non-hydrogen) atoms. The van der Waals surface area contributed by atoms with E-state index < -0.39 is 0 Å². The lowest BCUT2D eigenvalue weighted by Gasteiger charge is -2.37. The van der Waals surface area contributed by atoms with Crippen molar-refractivity contribution in [2.24, 2.45) is 11.1 Å². The molecule has 0 saturated carbocycles. The Hall–Kier alpha value is -1.14. The van der Waals surface area contributed by atoms with Crippen molar-refractivity contribution in [3.63, 3.8) is 0 Å². The molecule has 1 heterocycles. The fourth-order valence-corrected chi connectivity index (χ4v) is 3.13. The van der Waals surface area contributed by atoms with Crippen LogP contribution in [0.4, 0.5) is 0 Å². The number of carbonyl (C=O) groups excluding carboxylic acids is 1. The summed E-state index contributed by atoms with van der Waals surface area (Å²) in [5, 5.41) is 0. The molecule has 0 bridgehead atoms. The minimum Gasteiger partial charge on any atom is -0.379 e. The van der Waals surface area contributed by atoms with Gasteiger partial charge in [0.25, 0.3) is 5.91 Å². The number of amides is 1. The number of hydrogen-bond donors (Lipinski definition) is 1. The lowest BCUT2D eigenvalue weighted by atomic mass is 9.91. The second kappa shape index (κ2) is 9.37. The number of halogens is 1. The molecular formula is C18H30ClN3O2. The van der Waals surface area contributed by atoms with E-state index in [1.54, 1.807) is 0 Å². The molecule has 1 saturated heterocycles. The van der Waals surface area contributed by atoms with Crippen LogP contribution in [0.3, 0.4) is 0 Å². The van der Waals surface area contributed by atoms with Gasteiger partial charge in [0, 0.05) is 45.3 Å². The molecule has 1 aliphatic rings. The predicted octanol–water partition coefficient (Wildman–Crippen LogP) is 2.00. The van der Waals surface area contributed by atoms with E-state index >= 15 is 0 Å². The molecule has 0 unspecified atom stereocenters. The average molecular weight is 356 g/mol. The highest BCUT2D eigenvalue weighted by molar-refractivity contribution is 5.94. The van der Waals surface area contributed by atoms with Gasteiger partial charge in [-0.1, -0.05) is 26.0 Å². The molecule has 0 spiro atoms. The van der Waals surface area contributed by atoms with Crippen LogP contribution in [0.1, 0.15) is 29.8 Å². The Morgan fingerprint density at radius 3 is 2.38 bits per heavy atom. The highest BCUT2D eigenvalue weighted by atomic mass is 35.5. The Bertz CT molecular complexity index is 514. The first-order valence-electron chi connectivity index (χ1n) is 8.26. The van der Waals surface area contributed by atoms with Crippen LogP contribution in [0.15, 0.2) is 24.3 Å². The van der Waals surface area contributed by atoms with Gasteiger partial charge in [-0.05, 0) is 23.1 Å². The van der Waals surface area contributed by atoms with E-state index in [2.05, 4.69) is 18.7 Å². The maximum absolute atomic E-state index is 12.6. The fraction of sp³-hybridized carbons (Fsp3) is 0.611. The minimum atomic E-state index is 0. The molecular weight excluding hydrogens is 326 g/mol. The molecule has 136 valence electrons. The Kier molecular flexibility index (Phi) is 8.16. The SMILES string of the molecule is CN(CC(C)(C)CN1CCOCC1)C(=O)c1ccc(CN)cc1.Cl. The van der Waals surface area contributed by atoms with Crippen LogP contribution in [0.5, 0.6) is 0 Å². The van der Waals surface area contributed by atoms with E-state index in [1.807, 2.05) is 36.2 Å². The zero-order chi connectivity index (χ0) is 16.9. The fourth-order valence-electron chi connectivity index (χ4n) is 3.13. The molecule has 1 amide bonds. The first-order chi connectivity index (χ1) is 10.9. The summed E-state index contributed by atoms with van der Waals surface area (Å²) in [6.45, 7) is 10.2. The molecule has 1 aromatic rings. The maximum Gasteiger partial charge on any atom is 0.253 e. The summed E-state index contributed by atoms with van der Waals surface area (Å²) in [5.41, 5.74) is 7.39. The van der Waals surface area contributed by atoms with Crippen molar-refractivity contribution < 1.29 is 9.53 Å². The van der Waals surface area contributed by atoms with Crippen molar-refractivity contribution in [3.05, 3.63) is 35.4 Å². The van der Waals surface area contributed by atoms with Gasteiger partial charge < -0.3 is 15.4 Å². The molecule has 1 aliphatic heterocycles. The highest BCUT2D eigenvalue weighted by Crippen LogP contribution is 2.20. The number of nitrogens with two attached hydrogens (primary N) is 1. The van der Waals surface area contributed by atoms with Crippen molar-refractivity contribution in [1.29, 1.82) is 0 Å². The molecule has 1 aromatic carbocycles. The van der Waals surface area contributed by atoms with Crippen molar-refractivity contribution in [2.45, 2.75) is 20.4 Å². The Morgan fingerprint density at radius 1 is 1.25 bits per heavy atom. The largest absolute Gasteiger partial charge is 0.379 e. The van der Waals surface area contributed by atoms with Crippen LogP contribution < -0.4 is 5.73 Å². The zero-order valence-electron chi connectivity index (χ0n) is 15.0. The molecule has 0 aliphatic carbocycles. The van der Waals surface area contributed by atoms with E-state index in [0.717, 1.165) is 45.0 Å². The van der Waals surface area contributed by atoms with Gasteiger partial charge >= 0.3 is 0 Å². The Labute approximate surface area is 151 Å². The number of ether oxygens (including phenoxy) is 1. The molecule has 2 rings (SSSR count). The van der Waals surface area contributed by atoms with Crippen LogP contribution >= 0.6 is 12.4 Å². The Balaban J connectivity index is 0.00000288. The third kappa shape index (κ3) is 6.06. The van der Waals surface area contributed by atoms with Gasteiger partial charge in [-0.15, -0.1) is 12.4 Å². The van der Waals surface area contributed by atoms with Gasteiger partial charge in [0.15, 0.2) is 0 Å². The van der Waals surface area contributed by atoms with E-state index in [-0.39, 0.29) is 23.7 Å². The van der Waals surface area contributed by atoms with Crippen LogP contribution in [0, 0.1) is 5.41 Å². The number of hydrogen-bond acceptors (Lipinski definition) is 4. The maximum atomic E-state index is 12.6. The zero-order valence-corrected chi connectivity index (χ0v) is 15.8. The van der Waals surface area contributed by atoms with Gasteiger partial charge in [0.2, 0.25) is 0 Å². The lowest BCUT2D eigenvalue weighted by Crippen LogP contribution is -2.46. The third-order valence-electron chi connectivity index (χ3n) is 4.20.